The monoisotopic (exact) mass is 173 g/mol. The minimum absolute atomic E-state index is 0.152. The quantitative estimate of drug-likeness (QED) is 0.618. The highest BCUT2D eigenvalue weighted by Crippen LogP contribution is 2.04. The lowest BCUT2D eigenvalue weighted by atomic mass is 10.2. The fourth-order valence-electron chi connectivity index (χ4n) is 1.26. The molecule has 70 valence electrons. The molecule has 2 saturated heterocycles. The van der Waals surface area contributed by atoms with Crippen LogP contribution in [-0.2, 0) is 14.2 Å². The summed E-state index contributed by atoms with van der Waals surface area (Å²) in [7, 11) is 0. The van der Waals surface area contributed by atoms with Crippen molar-refractivity contribution in [2.45, 2.75) is 12.2 Å². The van der Waals surface area contributed by atoms with Gasteiger partial charge in [0.2, 0.25) is 0 Å². The van der Waals surface area contributed by atoms with E-state index in [-0.39, 0.29) is 6.10 Å². The molecule has 0 aromatic carbocycles. The second kappa shape index (κ2) is 4.18. The van der Waals surface area contributed by atoms with E-state index in [0.717, 1.165) is 19.7 Å². The molecule has 1 N–H and O–H groups in total. The number of ether oxygens (including phenoxy) is 3. The molecule has 2 fully saturated rings. The SMILES string of the molecule is C1COC(COC2CNC2)CO1. The molecule has 0 aromatic rings. The largest absolute Gasteiger partial charge is 0.376 e. The Morgan fingerprint density at radius 2 is 2.25 bits per heavy atom. The number of hydrogen-bond acceptors (Lipinski definition) is 4. The van der Waals surface area contributed by atoms with Crippen molar-refractivity contribution in [3.05, 3.63) is 0 Å². The van der Waals surface area contributed by atoms with Gasteiger partial charge in [-0.3, -0.25) is 0 Å². The van der Waals surface area contributed by atoms with Crippen molar-refractivity contribution in [2.75, 3.05) is 39.5 Å². The molecule has 2 heterocycles. The number of rotatable bonds is 3. The zero-order valence-corrected chi connectivity index (χ0v) is 7.12. The van der Waals surface area contributed by atoms with Crippen molar-refractivity contribution in [3.8, 4) is 0 Å². The second-order valence-electron chi connectivity index (χ2n) is 3.18. The maximum atomic E-state index is 5.55. The Morgan fingerprint density at radius 3 is 2.83 bits per heavy atom. The van der Waals surface area contributed by atoms with E-state index in [1.165, 1.54) is 0 Å². The highest BCUT2D eigenvalue weighted by molar-refractivity contribution is 4.75. The van der Waals surface area contributed by atoms with Gasteiger partial charge in [0.25, 0.3) is 0 Å². The van der Waals surface area contributed by atoms with Crippen LogP contribution in [0.5, 0.6) is 0 Å². The molecule has 0 spiro atoms. The molecule has 0 bridgehead atoms. The zero-order valence-electron chi connectivity index (χ0n) is 7.12. The standard InChI is InChI=1S/C8H15NO3/c1-2-11-8(5-10-1)6-12-7-3-9-4-7/h7-9H,1-6H2. The molecule has 1 atom stereocenters. The van der Waals surface area contributed by atoms with Gasteiger partial charge in [0.1, 0.15) is 6.10 Å². The molecule has 0 amide bonds. The minimum atomic E-state index is 0.152. The molecule has 2 aliphatic heterocycles. The van der Waals surface area contributed by atoms with Gasteiger partial charge in [-0.15, -0.1) is 0 Å². The first kappa shape index (κ1) is 8.44. The average Bonchev–Trinajstić information content (AvgIpc) is 2.04. The van der Waals surface area contributed by atoms with Crippen LogP contribution in [0.25, 0.3) is 0 Å². The van der Waals surface area contributed by atoms with Crippen LogP contribution in [0.4, 0.5) is 0 Å². The Kier molecular flexibility index (Phi) is 2.94. The molecule has 1 unspecified atom stereocenters. The summed E-state index contributed by atoms with van der Waals surface area (Å²) < 4.78 is 16.2. The molecule has 0 radical (unpaired) electrons. The van der Waals surface area contributed by atoms with Gasteiger partial charge in [-0.1, -0.05) is 0 Å². The topological polar surface area (TPSA) is 39.7 Å². The summed E-state index contributed by atoms with van der Waals surface area (Å²) in [6.07, 6.45) is 0.551. The van der Waals surface area contributed by atoms with Crippen molar-refractivity contribution in [3.63, 3.8) is 0 Å². The molecule has 4 nitrogen and oxygen atoms in total. The third kappa shape index (κ3) is 2.17. The van der Waals surface area contributed by atoms with Gasteiger partial charge in [0.15, 0.2) is 0 Å². The summed E-state index contributed by atoms with van der Waals surface area (Å²) in [4.78, 5) is 0. The predicted octanol–water partition coefficient (Wildman–Crippen LogP) is -0.610. The summed E-state index contributed by atoms with van der Waals surface area (Å²) in [5.41, 5.74) is 0. The maximum absolute atomic E-state index is 5.55. The van der Waals surface area contributed by atoms with Gasteiger partial charge >= 0.3 is 0 Å². The van der Waals surface area contributed by atoms with Crippen LogP contribution >= 0.6 is 0 Å². The van der Waals surface area contributed by atoms with Crippen LogP contribution in [-0.4, -0.2) is 51.7 Å². The van der Waals surface area contributed by atoms with E-state index in [4.69, 9.17) is 14.2 Å². The average molecular weight is 173 g/mol. The van der Waals surface area contributed by atoms with Crippen LogP contribution in [0.2, 0.25) is 0 Å². The summed E-state index contributed by atoms with van der Waals surface area (Å²) in [6.45, 7) is 4.74. The first-order chi connectivity index (χ1) is 5.95. The molecule has 0 aromatic heterocycles. The van der Waals surface area contributed by atoms with E-state index in [2.05, 4.69) is 5.32 Å². The van der Waals surface area contributed by atoms with E-state index in [1.54, 1.807) is 0 Å². The molecular weight excluding hydrogens is 158 g/mol. The Balaban J connectivity index is 1.58. The van der Waals surface area contributed by atoms with Crippen LogP contribution in [0.15, 0.2) is 0 Å². The van der Waals surface area contributed by atoms with Crippen LogP contribution in [0.1, 0.15) is 0 Å². The van der Waals surface area contributed by atoms with Crippen molar-refractivity contribution in [1.82, 2.24) is 5.32 Å². The Bertz CT molecular complexity index is 132. The fraction of sp³-hybridized carbons (Fsp3) is 1.00. The van der Waals surface area contributed by atoms with Gasteiger partial charge in [-0.25, -0.2) is 0 Å². The first-order valence-corrected chi connectivity index (χ1v) is 4.47. The molecule has 0 aliphatic carbocycles. The van der Waals surface area contributed by atoms with E-state index in [0.29, 0.717) is 25.9 Å². The van der Waals surface area contributed by atoms with E-state index < -0.39 is 0 Å². The lowest BCUT2D eigenvalue weighted by Gasteiger charge is -2.30. The Hall–Kier alpha value is -0.160. The van der Waals surface area contributed by atoms with E-state index in [1.807, 2.05) is 0 Å². The first-order valence-electron chi connectivity index (χ1n) is 4.47. The van der Waals surface area contributed by atoms with Gasteiger partial charge in [-0.2, -0.15) is 0 Å². The van der Waals surface area contributed by atoms with E-state index in [9.17, 15) is 0 Å². The summed E-state index contributed by atoms with van der Waals surface area (Å²) in [5.74, 6) is 0. The molecule has 0 saturated carbocycles. The number of nitrogens with one attached hydrogen (secondary N) is 1. The lowest BCUT2D eigenvalue weighted by molar-refractivity contribution is -0.129. The predicted molar refractivity (Wildman–Crippen MR) is 43.2 cm³/mol. The third-order valence-corrected chi connectivity index (χ3v) is 2.15. The number of hydrogen-bond donors (Lipinski definition) is 1. The Labute approximate surface area is 72.2 Å². The van der Waals surface area contributed by atoms with Crippen molar-refractivity contribution < 1.29 is 14.2 Å². The van der Waals surface area contributed by atoms with Gasteiger partial charge in [0, 0.05) is 13.1 Å². The van der Waals surface area contributed by atoms with Crippen LogP contribution < -0.4 is 5.32 Å². The Morgan fingerprint density at radius 1 is 1.33 bits per heavy atom. The molecule has 4 heteroatoms. The molecule has 2 aliphatic rings. The van der Waals surface area contributed by atoms with E-state index >= 15 is 0 Å². The van der Waals surface area contributed by atoms with Crippen LogP contribution in [0, 0.1) is 0 Å². The summed E-state index contributed by atoms with van der Waals surface area (Å²) in [5, 5.41) is 3.15. The second-order valence-corrected chi connectivity index (χ2v) is 3.18. The highest BCUT2D eigenvalue weighted by atomic mass is 16.6. The van der Waals surface area contributed by atoms with Crippen molar-refractivity contribution in [2.24, 2.45) is 0 Å². The lowest BCUT2D eigenvalue weighted by Crippen LogP contribution is -2.49. The van der Waals surface area contributed by atoms with Crippen molar-refractivity contribution in [1.29, 1.82) is 0 Å². The summed E-state index contributed by atoms with van der Waals surface area (Å²) >= 11 is 0. The molecule has 12 heavy (non-hydrogen) atoms. The fourth-order valence-corrected chi connectivity index (χ4v) is 1.26. The normalized spacial score (nSPS) is 31.5. The van der Waals surface area contributed by atoms with Gasteiger partial charge in [0.05, 0.1) is 32.5 Å². The third-order valence-electron chi connectivity index (χ3n) is 2.15. The summed E-state index contributed by atoms with van der Waals surface area (Å²) in [6, 6.07) is 0. The minimum Gasteiger partial charge on any atom is -0.376 e. The smallest absolute Gasteiger partial charge is 0.104 e. The molecule has 2 rings (SSSR count). The van der Waals surface area contributed by atoms with Crippen molar-refractivity contribution >= 4 is 0 Å². The highest BCUT2D eigenvalue weighted by Gasteiger charge is 2.20. The van der Waals surface area contributed by atoms with Crippen LogP contribution in [0.3, 0.4) is 0 Å². The van der Waals surface area contributed by atoms with Gasteiger partial charge in [-0.05, 0) is 0 Å². The molecular formula is C8H15NO3. The maximum Gasteiger partial charge on any atom is 0.104 e. The zero-order chi connectivity index (χ0) is 8.23. The van der Waals surface area contributed by atoms with Gasteiger partial charge < -0.3 is 19.5 Å².